The van der Waals surface area contributed by atoms with Gasteiger partial charge in [0.1, 0.15) is 15.5 Å². The van der Waals surface area contributed by atoms with E-state index in [1.807, 2.05) is 18.2 Å². The molecule has 0 aliphatic heterocycles. The Morgan fingerprint density at radius 1 is 1.09 bits per heavy atom. The normalized spacial score (nSPS) is 10.6. The quantitative estimate of drug-likeness (QED) is 0.795. The molecule has 0 spiro atoms. The second-order valence-corrected chi connectivity index (χ2v) is 5.55. The summed E-state index contributed by atoms with van der Waals surface area (Å²) in [5, 5.41) is 10.3. The number of carboxylic acids is 1. The molecule has 3 aromatic rings. The van der Waals surface area contributed by atoms with E-state index in [1.165, 1.54) is 7.11 Å². The van der Waals surface area contributed by atoms with Crippen LogP contribution in [0.3, 0.4) is 0 Å². The van der Waals surface area contributed by atoms with Crippen LogP contribution in [-0.2, 0) is 0 Å². The molecule has 3 rings (SSSR count). The number of rotatable bonds is 4. The number of carboxylic acid groups (broad SMARTS) is 1. The Labute approximate surface area is 130 Å². The van der Waals surface area contributed by atoms with Crippen LogP contribution in [-0.4, -0.2) is 30.3 Å². The summed E-state index contributed by atoms with van der Waals surface area (Å²) in [5.41, 5.74) is 1.49. The van der Waals surface area contributed by atoms with E-state index < -0.39 is 5.97 Å². The molecule has 5 nitrogen and oxygen atoms in total. The Kier molecular flexibility index (Phi) is 3.68. The third-order valence-corrected chi connectivity index (χ3v) is 4.40. The van der Waals surface area contributed by atoms with Crippen molar-refractivity contribution in [3.8, 4) is 22.8 Å². The number of carbonyl (C=O) groups is 1. The molecule has 2 heterocycles. The standard InChI is InChI=1S/C16H13NO4S/c1-20-10-5-3-9(4-6-10)13-11-7-8-12(21-2)17-15(11)22-14(13)16(18)19/h3-8H,1-2H3,(H,18,19). The average Bonchev–Trinajstić information content (AvgIpc) is 2.93. The van der Waals surface area contributed by atoms with Crippen molar-refractivity contribution in [1.29, 1.82) is 0 Å². The molecular weight excluding hydrogens is 302 g/mol. The minimum Gasteiger partial charge on any atom is -0.497 e. The number of methoxy groups -OCH3 is 2. The van der Waals surface area contributed by atoms with E-state index in [0.29, 0.717) is 16.3 Å². The van der Waals surface area contributed by atoms with Crippen LogP contribution in [0.2, 0.25) is 0 Å². The number of nitrogens with zero attached hydrogens (tertiary/aromatic N) is 1. The van der Waals surface area contributed by atoms with Crippen molar-refractivity contribution in [2.75, 3.05) is 14.2 Å². The van der Waals surface area contributed by atoms with Gasteiger partial charge in [-0.05, 0) is 23.8 Å². The molecule has 0 atom stereocenters. The van der Waals surface area contributed by atoms with Gasteiger partial charge in [-0.15, -0.1) is 11.3 Å². The number of ether oxygens (including phenoxy) is 2. The minimum absolute atomic E-state index is 0.265. The molecule has 0 aliphatic carbocycles. The predicted molar refractivity (Wildman–Crippen MR) is 85.1 cm³/mol. The SMILES string of the molecule is COc1ccc(-c2c(C(=O)O)sc3nc(OC)ccc23)cc1. The molecule has 1 N–H and O–H groups in total. The van der Waals surface area contributed by atoms with E-state index in [-0.39, 0.29) is 4.88 Å². The zero-order valence-corrected chi connectivity index (χ0v) is 12.8. The largest absolute Gasteiger partial charge is 0.497 e. The molecule has 6 heteroatoms. The molecule has 0 unspecified atom stereocenters. The smallest absolute Gasteiger partial charge is 0.346 e. The summed E-state index contributed by atoms with van der Waals surface area (Å²) >= 11 is 1.14. The van der Waals surface area contributed by atoms with Gasteiger partial charge in [0.2, 0.25) is 5.88 Å². The Balaban J connectivity index is 2.25. The molecule has 0 radical (unpaired) electrons. The van der Waals surface area contributed by atoms with Crippen LogP contribution >= 0.6 is 11.3 Å². The number of hydrogen-bond donors (Lipinski definition) is 1. The fourth-order valence-electron chi connectivity index (χ4n) is 2.27. The van der Waals surface area contributed by atoms with E-state index in [1.54, 1.807) is 25.3 Å². The van der Waals surface area contributed by atoms with Crippen LogP contribution in [0.25, 0.3) is 21.3 Å². The molecule has 0 amide bonds. The fourth-order valence-corrected chi connectivity index (χ4v) is 3.30. The van der Waals surface area contributed by atoms with Gasteiger partial charge in [-0.2, -0.15) is 0 Å². The Morgan fingerprint density at radius 3 is 2.41 bits per heavy atom. The van der Waals surface area contributed by atoms with Crippen LogP contribution < -0.4 is 9.47 Å². The van der Waals surface area contributed by atoms with Crippen molar-refractivity contribution in [3.05, 3.63) is 41.3 Å². The summed E-state index contributed by atoms with van der Waals surface area (Å²) in [7, 11) is 3.12. The fraction of sp³-hybridized carbons (Fsp3) is 0.125. The van der Waals surface area contributed by atoms with Gasteiger partial charge in [0.05, 0.1) is 14.2 Å². The average molecular weight is 315 g/mol. The van der Waals surface area contributed by atoms with E-state index >= 15 is 0 Å². The van der Waals surface area contributed by atoms with Gasteiger partial charge in [-0.25, -0.2) is 9.78 Å². The number of benzene rings is 1. The van der Waals surface area contributed by atoms with Crippen molar-refractivity contribution in [2.45, 2.75) is 0 Å². The predicted octanol–water partition coefficient (Wildman–Crippen LogP) is 3.68. The van der Waals surface area contributed by atoms with Crippen LogP contribution in [0.4, 0.5) is 0 Å². The maximum atomic E-state index is 11.6. The Morgan fingerprint density at radius 2 is 1.82 bits per heavy atom. The highest BCUT2D eigenvalue weighted by molar-refractivity contribution is 7.21. The monoisotopic (exact) mass is 315 g/mol. The number of fused-ring (bicyclic) bond motifs is 1. The lowest BCUT2D eigenvalue weighted by atomic mass is 10.0. The molecule has 22 heavy (non-hydrogen) atoms. The topological polar surface area (TPSA) is 68.7 Å². The number of thiophene rings is 1. The van der Waals surface area contributed by atoms with E-state index in [0.717, 1.165) is 28.0 Å². The minimum atomic E-state index is -0.965. The van der Waals surface area contributed by atoms with Crippen LogP contribution in [0, 0.1) is 0 Å². The zero-order chi connectivity index (χ0) is 15.7. The second-order valence-electron chi connectivity index (χ2n) is 4.55. The van der Waals surface area contributed by atoms with Crippen molar-refractivity contribution < 1.29 is 19.4 Å². The van der Waals surface area contributed by atoms with Crippen molar-refractivity contribution in [1.82, 2.24) is 4.98 Å². The van der Waals surface area contributed by atoms with E-state index in [4.69, 9.17) is 9.47 Å². The van der Waals surface area contributed by atoms with E-state index in [2.05, 4.69) is 4.98 Å². The van der Waals surface area contributed by atoms with Gasteiger partial charge >= 0.3 is 5.97 Å². The summed E-state index contributed by atoms with van der Waals surface area (Å²) in [6.07, 6.45) is 0. The van der Waals surface area contributed by atoms with Gasteiger partial charge in [0, 0.05) is 17.0 Å². The molecule has 112 valence electrons. The second kappa shape index (κ2) is 5.65. The van der Waals surface area contributed by atoms with Gasteiger partial charge in [0.25, 0.3) is 0 Å². The summed E-state index contributed by atoms with van der Waals surface area (Å²) in [5.74, 6) is 0.222. The number of pyridine rings is 1. The summed E-state index contributed by atoms with van der Waals surface area (Å²) in [6, 6.07) is 10.9. The third-order valence-electron chi connectivity index (χ3n) is 3.31. The first-order valence-corrected chi connectivity index (χ1v) is 7.31. The van der Waals surface area contributed by atoms with Gasteiger partial charge < -0.3 is 14.6 Å². The number of aromatic carboxylic acids is 1. The van der Waals surface area contributed by atoms with Crippen LogP contribution in [0.15, 0.2) is 36.4 Å². The molecule has 0 bridgehead atoms. The third kappa shape index (κ3) is 2.37. The lowest BCUT2D eigenvalue weighted by Gasteiger charge is -2.04. The van der Waals surface area contributed by atoms with E-state index in [9.17, 15) is 9.90 Å². The Hall–Kier alpha value is -2.60. The molecule has 0 saturated carbocycles. The van der Waals surface area contributed by atoms with Gasteiger partial charge in [-0.3, -0.25) is 0 Å². The molecule has 1 aromatic carbocycles. The maximum Gasteiger partial charge on any atom is 0.346 e. The highest BCUT2D eigenvalue weighted by atomic mass is 32.1. The molecule has 0 aliphatic rings. The maximum absolute atomic E-state index is 11.6. The van der Waals surface area contributed by atoms with Crippen molar-refractivity contribution in [2.24, 2.45) is 0 Å². The molecule has 0 fully saturated rings. The van der Waals surface area contributed by atoms with Crippen LogP contribution in [0.1, 0.15) is 9.67 Å². The first-order chi connectivity index (χ1) is 10.6. The zero-order valence-electron chi connectivity index (χ0n) is 12.0. The van der Waals surface area contributed by atoms with Gasteiger partial charge in [-0.1, -0.05) is 12.1 Å². The highest BCUT2D eigenvalue weighted by Crippen LogP contribution is 2.39. The molecule has 0 saturated heterocycles. The molecular formula is C16H13NO4S. The number of aromatic nitrogens is 1. The number of hydrogen-bond acceptors (Lipinski definition) is 5. The van der Waals surface area contributed by atoms with Gasteiger partial charge in [0.15, 0.2) is 0 Å². The Bertz CT molecular complexity index is 839. The van der Waals surface area contributed by atoms with Crippen molar-refractivity contribution >= 4 is 27.5 Å². The summed E-state index contributed by atoms with van der Waals surface area (Å²) in [4.78, 5) is 16.8. The van der Waals surface area contributed by atoms with Crippen molar-refractivity contribution in [3.63, 3.8) is 0 Å². The summed E-state index contributed by atoms with van der Waals surface area (Å²) < 4.78 is 10.2. The molecule has 2 aromatic heterocycles. The lowest BCUT2D eigenvalue weighted by molar-refractivity contribution is 0.0703. The first-order valence-electron chi connectivity index (χ1n) is 6.49. The summed E-state index contributed by atoms with van der Waals surface area (Å²) in [6.45, 7) is 0. The highest BCUT2D eigenvalue weighted by Gasteiger charge is 2.20. The first kappa shape index (κ1) is 14.3. The lowest BCUT2D eigenvalue weighted by Crippen LogP contribution is -1.94. The van der Waals surface area contributed by atoms with Crippen LogP contribution in [0.5, 0.6) is 11.6 Å².